The predicted molar refractivity (Wildman–Crippen MR) is 111 cm³/mol. The van der Waals surface area contributed by atoms with E-state index in [0.717, 1.165) is 17.0 Å². The number of hydrogen-bond acceptors (Lipinski definition) is 7. The lowest BCUT2D eigenvalue weighted by Gasteiger charge is -2.14. The molecule has 0 unspecified atom stereocenters. The molecule has 0 aliphatic rings. The summed E-state index contributed by atoms with van der Waals surface area (Å²) in [4.78, 5) is 4.95. The van der Waals surface area contributed by atoms with Crippen LogP contribution >= 0.6 is 11.3 Å². The van der Waals surface area contributed by atoms with Crippen molar-refractivity contribution in [3.63, 3.8) is 0 Å². The van der Waals surface area contributed by atoms with Crippen molar-refractivity contribution < 1.29 is 22.1 Å². The number of anilines is 1. The summed E-state index contributed by atoms with van der Waals surface area (Å²) in [6.07, 6.45) is 0.220. The van der Waals surface area contributed by atoms with Crippen molar-refractivity contribution in [1.29, 1.82) is 0 Å². The van der Waals surface area contributed by atoms with Crippen molar-refractivity contribution in [3.05, 3.63) is 77.2 Å². The quantitative estimate of drug-likeness (QED) is 0.455. The molecule has 0 atom stereocenters. The van der Waals surface area contributed by atoms with Crippen molar-refractivity contribution in [3.8, 4) is 16.5 Å². The molecule has 2 aromatic carbocycles. The van der Waals surface area contributed by atoms with Gasteiger partial charge in [-0.1, -0.05) is 29.4 Å². The Hall–Kier alpha value is -3.24. The van der Waals surface area contributed by atoms with E-state index < -0.39 is 15.8 Å². The smallest absolute Gasteiger partial charge is 0.265 e. The van der Waals surface area contributed by atoms with E-state index in [9.17, 15) is 12.8 Å². The second-order valence-corrected chi connectivity index (χ2v) is 8.82. The molecule has 0 aliphatic carbocycles. The van der Waals surface area contributed by atoms with Crippen LogP contribution in [0.2, 0.25) is 0 Å². The second kappa shape index (κ2) is 8.25. The summed E-state index contributed by atoms with van der Waals surface area (Å²) >= 11 is 1.49. The molecule has 0 radical (unpaired) electrons. The van der Waals surface area contributed by atoms with Crippen LogP contribution in [0.3, 0.4) is 0 Å². The Bertz CT molecular complexity index is 1270. The molecule has 10 heteroatoms. The van der Waals surface area contributed by atoms with Crippen LogP contribution in [-0.4, -0.2) is 25.7 Å². The molecular formula is C20H16FN3O4S2. The average Bonchev–Trinajstić information content (AvgIpc) is 3.41. The Morgan fingerprint density at radius 2 is 2.00 bits per heavy atom. The highest BCUT2D eigenvalue weighted by Crippen LogP contribution is 2.29. The summed E-state index contributed by atoms with van der Waals surface area (Å²) in [6.45, 7) is 0. The third-order valence-corrected chi connectivity index (χ3v) is 6.48. The van der Waals surface area contributed by atoms with Crippen LogP contribution in [0, 0.1) is 5.82 Å². The van der Waals surface area contributed by atoms with E-state index in [1.54, 1.807) is 24.3 Å². The lowest BCUT2D eigenvalue weighted by atomic mass is 10.1. The fourth-order valence-corrected chi connectivity index (χ4v) is 4.76. The molecule has 0 fully saturated rings. The summed E-state index contributed by atoms with van der Waals surface area (Å²) in [5.41, 5.74) is 0.942. The maximum absolute atomic E-state index is 13.7. The SMILES string of the molecule is COc1ccc(F)cc1S(=O)(=O)Nc1ccccc1Cc1nc(-c2cccs2)no1. The monoisotopic (exact) mass is 445 g/mol. The van der Waals surface area contributed by atoms with Gasteiger partial charge in [-0.3, -0.25) is 4.72 Å². The number of sulfonamides is 1. The highest BCUT2D eigenvalue weighted by atomic mass is 32.2. The molecule has 4 rings (SSSR count). The molecule has 4 aromatic rings. The zero-order valence-electron chi connectivity index (χ0n) is 15.7. The van der Waals surface area contributed by atoms with Gasteiger partial charge in [-0.2, -0.15) is 4.98 Å². The molecule has 7 nitrogen and oxygen atoms in total. The standard InChI is InChI=1S/C20H16FN3O4S2/c1-27-16-9-8-14(21)12-18(16)30(25,26)24-15-6-3-2-5-13(15)11-19-22-20(23-28-19)17-7-4-10-29-17/h2-10,12,24H,11H2,1H3. The zero-order chi connectivity index (χ0) is 21.1. The molecule has 30 heavy (non-hydrogen) atoms. The molecule has 0 spiro atoms. The molecule has 0 saturated heterocycles. The molecular weight excluding hydrogens is 429 g/mol. The van der Waals surface area contributed by atoms with E-state index in [1.165, 1.54) is 24.5 Å². The van der Waals surface area contributed by atoms with E-state index >= 15 is 0 Å². The molecule has 0 bridgehead atoms. The number of hydrogen-bond donors (Lipinski definition) is 1. The van der Waals surface area contributed by atoms with Crippen LogP contribution in [0.15, 0.2) is 69.4 Å². The van der Waals surface area contributed by atoms with E-state index in [0.29, 0.717) is 23.0 Å². The van der Waals surface area contributed by atoms with Crippen LogP contribution in [0.25, 0.3) is 10.7 Å². The van der Waals surface area contributed by atoms with E-state index in [1.807, 2.05) is 17.5 Å². The third-order valence-electron chi connectivity index (χ3n) is 4.23. The fraction of sp³-hybridized carbons (Fsp3) is 0.100. The number of halogens is 1. The van der Waals surface area contributed by atoms with Crippen molar-refractivity contribution in [2.75, 3.05) is 11.8 Å². The molecule has 0 amide bonds. The Kier molecular flexibility index (Phi) is 5.51. The number of benzene rings is 2. The average molecular weight is 445 g/mol. The van der Waals surface area contributed by atoms with Gasteiger partial charge in [0.1, 0.15) is 16.5 Å². The summed E-state index contributed by atoms with van der Waals surface area (Å²) < 4.78 is 52.3. The van der Waals surface area contributed by atoms with E-state index in [4.69, 9.17) is 9.26 Å². The van der Waals surface area contributed by atoms with E-state index in [2.05, 4.69) is 14.9 Å². The minimum absolute atomic E-state index is 0.0406. The summed E-state index contributed by atoms with van der Waals surface area (Å²) in [6, 6.07) is 13.9. The third kappa shape index (κ3) is 4.19. The predicted octanol–water partition coefficient (Wildman–Crippen LogP) is 4.34. The van der Waals surface area contributed by atoms with Gasteiger partial charge < -0.3 is 9.26 Å². The van der Waals surface area contributed by atoms with Gasteiger partial charge >= 0.3 is 0 Å². The van der Waals surface area contributed by atoms with Gasteiger partial charge in [-0.15, -0.1) is 11.3 Å². The normalized spacial score (nSPS) is 11.4. The molecule has 0 aliphatic heterocycles. The first-order chi connectivity index (χ1) is 14.5. The number of rotatable bonds is 7. The maximum atomic E-state index is 13.7. The first kappa shape index (κ1) is 20.0. The minimum atomic E-state index is -4.10. The van der Waals surface area contributed by atoms with Gasteiger partial charge in [-0.05, 0) is 41.3 Å². The van der Waals surface area contributed by atoms with Crippen molar-refractivity contribution in [1.82, 2.24) is 10.1 Å². The number of ether oxygens (including phenoxy) is 1. The highest BCUT2D eigenvalue weighted by molar-refractivity contribution is 7.92. The fourth-order valence-electron chi connectivity index (χ4n) is 2.83. The van der Waals surface area contributed by atoms with Gasteiger partial charge in [0.2, 0.25) is 11.7 Å². The molecule has 154 valence electrons. The van der Waals surface area contributed by atoms with Crippen molar-refractivity contribution in [2.24, 2.45) is 0 Å². The first-order valence-corrected chi connectivity index (χ1v) is 11.1. The number of thiophene rings is 1. The largest absolute Gasteiger partial charge is 0.495 e. The van der Waals surface area contributed by atoms with Gasteiger partial charge in [0.15, 0.2) is 0 Å². The lowest BCUT2D eigenvalue weighted by Crippen LogP contribution is -2.15. The Balaban J connectivity index is 1.62. The number of methoxy groups -OCH3 is 1. The van der Waals surface area contributed by atoms with Gasteiger partial charge in [-0.25, -0.2) is 12.8 Å². The molecule has 0 saturated carbocycles. The Labute approximate surface area is 176 Å². The second-order valence-electron chi connectivity index (χ2n) is 6.22. The Morgan fingerprint density at radius 1 is 1.17 bits per heavy atom. The maximum Gasteiger partial charge on any atom is 0.265 e. The number of nitrogens with zero attached hydrogens (tertiary/aromatic N) is 2. The molecule has 2 aromatic heterocycles. The van der Waals surface area contributed by atoms with E-state index in [-0.39, 0.29) is 17.1 Å². The first-order valence-electron chi connectivity index (χ1n) is 8.77. The van der Waals surface area contributed by atoms with Crippen molar-refractivity contribution in [2.45, 2.75) is 11.3 Å². The molecule has 2 heterocycles. The molecule has 1 N–H and O–H groups in total. The zero-order valence-corrected chi connectivity index (χ0v) is 17.3. The summed E-state index contributed by atoms with van der Waals surface area (Å²) in [5.74, 6) is 0.172. The van der Waals surface area contributed by atoms with Crippen LogP contribution in [0.1, 0.15) is 11.5 Å². The van der Waals surface area contributed by atoms with Crippen LogP contribution in [0.4, 0.5) is 10.1 Å². The highest BCUT2D eigenvalue weighted by Gasteiger charge is 2.22. The van der Waals surface area contributed by atoms with Gasteiger partial charge in [0, 0.05) is 0 Å². The number of nitrogens with one attached hydrogen (secondary N) is 1. The van der Waals surface area contributed by atoms with Gasteiger partial charge in [0.05, 0.1) is 24.1 Å². The topological polar surface area (TPSA) is 94.3 Å². The Morgan fingerprint density at radius 3 is 2.77 bits per heavy atom. The van der Waals surface area contributed by atoms with Crippen LogP contribution in [-0.2, 0) is 16.4 Å². The number of aromatic nitrogens is 2. The minimum Gasteiger partial charge on any atom is -0.495 e. The number of para-hydroxylation sites is 1. The summed E-state index contributed by atoms with van der Waals surface area (Å²) in [5, 5.41) is 5.88. The van der Waals surface area contributed by atoms with Crippen LogP contribution in [0.5, 0.6) is 5.75 Å². The van der Waals surface area contributed by atoms with Crippen LogP contribution < -0.4 is 9.46 Å². The van der Waals surface area contributed by atoms with Gasteiger partial charge in [0.25, 0.3) is 10.0 Å². The van der Waals surface area contributed by atoms with Crippen molar-refractivity contribution >= 4 is 27.0 Å². The lowest BCUT2D eigenvalue weighted by molar-refractivity contribution is 0.386. The summed E-state index contributed by atoms with van der Waals surface area (Å²) in [7, 11) is -2.78.